The Labute approximate surface area is 89.0 Å². The first-order valence-electron chi connectivity index (χ1n) is 4.79. The van der Waals surface area contributed by atoms with Crippen LogP contribution < -0.4 is 9.84 Å². The van der Waals surface area contributed by atoms with E-state index in [1.807, 2.05) is 6.08 Å². The first-order chi connectivity index (χ1) is 7.24. The maximum absolute atomic E-state index is 10.4. The van der Waals surface area contributed by atoms with Crippen molar-refractivity contribution in [3.8, 4) is 5.75 Å². The van der Waals surface area contributed by atoms with Crippen molar-refractivity contribution < 1.29 is 14.6 Å². The average molecular weight is 205 g/mol. The molecule has 0 amide bonds. The first kappa shape index (κ1) is 11.3. The fraction of sp³-hybridized carbons (Fsp3) is 0.250. The van der Waals surface area contributed by atoms with E-state index in [9.17, 15) is 9.90 Å². The average Bonchev–Trinajstić information content (AvgIpc) is 2.25. The quantitative estimate of drug-likeness (QED) is 0.521. The summed E-state index contributed by atoms with van der Waals surface area (Å²) in [6.07, 6.45) is 3.66. The molecule has 0 bridgehead atoms. The van der Waals surface area contributed by atoms with Crippen LogP contribution in [0.15, 0.2) is 36.9 Å². The maximum Gasteiger partial charge on any atom is 0.119 e. The van der Waals surface area contributed by atoms with Gasteiger partial charge in [0.2, 0.25) is 0 Å². The normalized spacial score (nSPS) is 9.60. The van der Waals surface area contributed by atoms with Crippen LogP contribution in [0.5, 0.6) is 5.75 Å². The molecule has 0 aliphatic heterocycles. The lowest BCUT2D eigenvalue weighted by Crippen LogP contribution is -2.21. The second-order valence-electron chi connectivity index (χ2n) is 3.09. The molecule has 0 aromatic heterocycles. The molecule has 80 valence electrons. The molecule has 1 aromatic carbocycles. The highest BCUT2D eigenvalue weighted by atomic mass is 16.5. The van der Waals surface area contributed by atoms with E-state index >= 15 is 0 Å². The molecule has 0 fully saturated rings. The summed E-state index contributed by atoms with van der Waals surface area (Å²) in [5.41, 5.74) is 0.161. The highest BCUT2D eigenvalue weighted by Gasteiger charge is 1.95. The van der Waals surface area contributed by atoms with Gasteiger partial charge >= 0.3 is 0 Å². The molecule has 0 saturated carbocycles. The minimum absolute atomic E-state index is 0.161. The Kier molecular flexibility index (Phi) is 4.41. The SMILES string of the molecule is C=CCCCOc1ccc(C(=O)[O-])cc1. The molecule has 0 aliphatic rings. The number of hydrogen-bond acceptors (Lipinski definition) is 3. The summed E-state index contributed by atoms with van der Waals surface area (Å²) in [6, 6.07) is 6.19. The first-order valence-corrected chi connectivity index (χ1v) is 4.79. The number of allylic oxidation sites excluding steroid dienone is 1. The van der Waals surface area contributed by atoms with Crippen molar-refractivity contribution in [2.75, 3.05) is 6.61 Å². The lowest BCUT2D eigenvalue weighted by Gasteiger charge is -2.06. The molecule has 3 nitrogen and oxygen atoms in total. The summed E-state index contributed by atoms with van der Waals surface area (Å²) >= 11 is 0. The van der Waals surface area contributed by atoms with E-state index in [4.69, 9.17) is 4.74 Å². The van der Waals surface area contributed by atoms with E-state index in [1.165, 1.54) is 12.1 Å². The molecule has 3 heteroatoms. The minimum atomic E-state index is -1.17. The van der Waals surface area contributed by atoms with Crippen LogP contribution >= 0.6 is 0 Å². The van der Waals surface area contributed by atoms with Crippen molar-refractivity contribution in [3.63, 3.8) is 0 Å². The minimum Gasteiger partial charge on any atom is -0.545 e. The van der Waals surface area contributed by atoms with Crippen molar-refractivity contribution in [3.05, 3.63) is 42.5 Å². The maximum atomic E-state index is 10.4. The molecule has 1 aromatic rings. The van der Waals surface area contributed by atoms with Crippen molar-refractivity contribution >= 4 is 5.97 Å². The van der Waals surface area contributed by atoms with E-state index in [0.717, 1.165) is 12.8 Å². The molecule has 15 heavy (non-hydrogen) atoms. The summed E-state index contributed by atoms with van der Waals surface area (Å²) in [5, 5.41) is 10.4. The molecule has 0 radical (unpaired) electrons. The summed E-state index contributed by atoms with van der Waals surface area (Å²) < 4.78 is 5.38. The lowest BCUT2D eigenvalue weighted by molar-refractivity contribution is -0.255. The fourth-order valence-corrected chi connectivity index (χ4v) is 1.10. The number of carbonyl (C=O) groups is 1. The van der Waals surface area contributed by atoms with Crippen LogP contribution in [0, 0.1) is 0 Å². The molecule has 0 unspecified atom stereocenters. The van der Waals surface area contributed by atoms with Gasteiger partial charge in [0.15, 0.2) is 0 Å². The third-order valence-electron chi connectivity index (χ3n) is 1.91. The molecular weight excluding hydrogens is 192 g/mol. The van der Waals surface area contributed by atoms with Crippen molar-refractivity contribution in [2.24, 2.45) is 0 Å². The number of hydrogen-bond donors (Lipinski definition) is 0. The van der Waals surface area contributed by atoms with Crippen LogP contribution in [0.2, 0.25) is 0 Å². The second-order valence-corrected chi connectivity index (χ2v) is 3.09. The zero-order chi connectivity index (χ0) is 11.1. The van der Waals surface area contributed by atoms with Gasteiger partial charge in [-0.05, 0) is 42.7 Å². The number of ether oxygens (including phenoxy) is 1. The van der Waals surface area contributed by atoms with Crippen molar-refractivity contribution in [2.45, 2.75) is 12.8 Å². The summed E-state index contributed by atoms with van der Waals surface area (Å²) in [4.78, 5) is 10.4. The number of carboxylic acids is 1. The van der Waals surface area contributed by atoms with Gasteiger partial charge in [0, 0.05) is 0 Å². The van der Waals surface area contributed by atoms with E-state index in [2.05, 4.69) is 6.58 Å². The Hall–Kier alpha value is -1.77. The number of benzene rings is 1. The molecule has 1 rings (SSSR count). The van der Waals surface area contributed by atoms with Crippen LogP contribution in [0.3, 0.4) is 0 Å². The van der Waals surface area contributed by atoms with E-state index in [0.29, 0.717) is 12.4 Å². The number of carbonyl (C=O) groups excluding carboxylic acids is 1. The smallest absolute Gasteiger partial charge is 0.119 e. The number of carboxylic acid groups (broad SMARTS) is 1. The summed E-state index contributed by atoms with van der Waals surface area (Å²) in [6.45, 7) is 4.22. The lowest BCUT2D eigenvalue weighted by atomic mass is 10.2. The van der Waals surface area contributed by atoms with Gasteiger partial charge in [-0.25, -0.2) is 0 Å². The molecule has 0 N–H and O–H groups in total. The Morgan fingerprint density at radius 1 is 1.40 bits per heavy atom. The number of unbranched alkanes of at least 4 members (excludes halogenated alkanes) is 1. The van der Waals surface area contributed by atoms with Crippen LogP contribution in [-0.2, 0) is 0 Å². The van der Waals surface area contributed by atoms with Crippen molar-refractivity contribution in [1.82, 2.24) is 0 Å². The predicted molar refractivity (Wildman–Crippen MR) is 55.7 cm³/mol. The number of rotatable bonds is 6. The van der Waals surface area contributed by atoms with E-state index in [-0.39, 0.29) is 5.56 Å². The van der Waals surface area contributed by atoms with Gasteiger partial charge in [0.1, 0.15) is 5.75 Å². The highest BCUT2D eigenvalue weighted by molar-refractivity contribution is 5.85. The third kappa shape index (κ3) is 3.85. The largest absolute Gasteiger partial charge is 0.545 e. The zero-order valence-corrected chi connectivity index (χ0v) is 8.44. The molecule has 0 saturated heterocycles. The van der Waals surface area contributed by atoms with Crippen LogP contribution in [-0.4, -0.2) is 12.6 Å². The van der Waals surface area contributed by atoms with Gasteiger partial charge in [-0.3, -0.25) is 0 Å². The third-order valence-corrected chi connectivity index (χ3v) is 1.91. The molecule has 0 heterocycles. The Morgan fingerprint density at radius 2 is 2.07 bits per heavy atom. The van der Waals surface area contributed by atoms with Gasteiger partial charge in [0.25, 0.3) is 0 Å². The van der Waals surface area contributed by atoms with Gasteiger partial charge in [-0.15, -0.1) is 6.58 Å². The molecule has 0 aliphatic carbocycles. The van der Waals surface area contributed by atoms with E-state index in [1.54, 1.807) is 12.1 Å². The molecule has 0 atom stereocenters. The second kappa shape index (κ2) is 5.86. The Morgan fingerprint density at radius 3 is 2.60 bits per heavy atom. The Balaban J connectivity index is 2.42. The van der Waals surface area contributed by atoms with Crippen LogP contribution in [0.1, 0.15) is 23.2 Å². The van der Waals surface area contributed by atoms with Gasteiger partial charge in [-0.1, -0.05) is 6.08 Å². The summed E-state index contributed by atoms with van der Waals surface area (Å²) in [7, 11) is 0. The highest BCUT2D eigenvalue weighted by Crippen LogP contribution is 2.12. The van der Waals surface area contributed by atoms with Gasteiger partial charge in [-0.2, -0.15) is 0 Å². The summed E-state index contributed by atoms with van der Waals surface area (Å²) in [5.74, 6) is -0.503. The number of aromatic carboxylic acids is 1. The van der Waals surface area contributed by atoms with Crippen LogP contribution in [0.4, 0.5) is 0 Å². The zero-order valence-electron chi connectivity index (χ0n) is 8.44. The Bertz CT molecular complexity index is 327. The standard InChI is InChI=1S/C12H14O3/c1-2-3-4-9-15-11-7-5-10(6-8-11)12(13)14/h2,5-8H,1,3-4,9H2,(H,13,14)/p-1. The fourth-order valence-electron chi connectivity index (χ4n) is 1.10. The molecule has 0 spiro atoms. The monoisotopic (exact) mass is 205 g/mol. The topological polar surface area (TPSA) is 49.4 Å². The van der Waals surface area contributed by atoms with Gasteiger partial charge < -0.3 is 14.6 Å². The van der Waals surface area contributed by atoms with Crippen LogP contribution in [0.25, 0.3) is 0 Å². The van der Waals surface area contributed by atoms with Gasteiger partial charge in [0.05, 0.1) is 12.6 Å². The predicted octanol–water partition coefficient (Wildman–Crippen LogP) is 1.40. The van der Waals surface area contributed by atoms with Crippen molar-refractivity contribution in [1.29, 1.82) is 0 Å². The van der Waals surface area contributed by atoms with E-state index < -0.39 is 5.97 Å². The molecular formula is C12H13O3-.